The molecular weight excluding hydrogens is 220 g/mol. The molecule has 0 heterocycles. The summed E-state index contributed by atoms with van der Waals surface area (Å²) < 4.78 is 0. The fourth-order valence-corrected chi connectivity index (χ4v) is 1.30. The smallest absolute Gasteiger partial charge is 0.238 e. The summed E-state index contributed by atoms with van der Waals surface area (Å²) in [6.07, 6.45) is 0.377. The number of Topliss-reactive ketones (excluding diaryl/α,β-unsaturated/α-hetero) is 1. The molecule has 3 N–H and O–H groups in total. The predicted molar refractivity (Wildman–Crippen MR) is 62.9 cm³/mol. The normalized spacial score (nSPS) is 14.6. The Balaban J connectivity index is 4.18. The first-order valence-corrected chi connectivity index (χ1v) is 5.63. The van der Waals surface area contributed by atoms with Gasteiger partial charge >= 0.3 is 0 Å². The average Bonchev–Trinajstić information content (AvgIpc) is 2.22. The standard InChI is InChI=1S/C8H16N2O2S2/c1-2-7(11)6(4-14)10-8(12)5(9)3-13/h5-6,13-14H,2-4,9H2,1H3,(H,10,12)/t5-,6-/m0/s1. The summed E-state index contributed by atoms with van der Waals surface area (Å²) in [4.78, 5) is 22.6. The van der Waals surface area contributed by atoms with Crippen molar-refractivity contribution in [3.8, 4) is 0 Å². The quantitative estimate of drug-likeness (QED) is 0.476. The SMILES string of the molecule is CCC(=O)[C@H](CS)NC(=O)[C@@H](N)CS. The third kappa shape index (κ3) is 4.34. The second kappa shape index (κ2) is 7.14. The van der Waals surface area contributed by atoms with E-state index in [1.54, 1.807) is 6.92 Å². The van der Waals surface area contributed by atoms with Crippen LogP contribution in [-0.4, -0.2) is 35.3 Å². The van der Waals surface area contributed by atoms with E-state index in [9.17, 15) is 9.59 Å². The fourth-order valence-electron chi connectivity index (χ4n) is 0.836. The highest BCUT2D eigenvalue weighted by molar-refractivity contribution is 7.80. The van der Waals surface area contributed by atoms with Gasteiger partial charge in [0.2, 0.25) is 5.91 Å². The minimum atomic E-state index is -0.676. The van der Waals surface area contributed by atoms with Gasteiger partial charge in [-0.2, -0.15) is 25.3 Å². The summed E-state index contributed by atoms with van der Waals surface area (Å²) in [5, 5.41) is 2.53. The molecule has 0 saturated heterocycles. The topological polar surface area (TPSA) is 72.2 Å². The van der Waals surface area contributed by atoms with Crippen molar-refractivity contribution in [2.75, 3.05) is 11.5 Å². The zero-order valence-corrected chi connectivity index (χ0v) is 9.85. The number of hydrogen-bond donors (Lipinski definition) is 4. The predicted octanol–water partition coefficient (Wildman–Crippen LogP) is -0.363. The van der Waals surface area contributed by atoms with Gasteiger partial charge in [-0.1, -0.05) is 6.92 Å². The number of ketones is 1. The molecule has 82 valence electrons. The van der Waals surface area contributed by atoms with Crippen molar-refractivity contribution in [2.24, 2.45) is 5.73 Å². The Hall–Kier alpha value is -0.200. The van der Waals surface area contributed by atoms with Crippen LogP contribution in [0.1, 0.15) is 13.3 Å². The van der Waals surface area contributed by atoms with Crippen molar-refractivity contribution in [3.63, 3.8) is 0 Å². The Labute approximate surface area is 94.8 Å². The highest BCUT2D eigenvalue weighted by atomic mass is 32.1. The molecule has 6 heteroatoms. The van der Waals surface area contributed by atoms with Gasteiger partial charge in [0.05, 0.1) is 12.1 Å². The Morgan fingerprint density at radius 1 is 1.36 bits per heavy atom. The van der Waals surface area contributed by atoms with Gasteiger partial charge in [-0.05, 0) is 0 Å². The molecule has 14 heavy (non-hydrogen) atoms. The maximum Gasteiger partial charge on any atom is 0.238 e. The molecule has 0 aromatic heterocycles. The molecule has 0 fully saturated rings. The molecule has 0 aliphatic heterocycles. The van der Waals surface area contributed by atoms with E-state index in [1.807, 2.05) is 0 Å². The first-order chi connectivity index (χ1) is 6.56. The lowest BCUT2D eigenvalue weighted by Crippen LogP contribution is -2.49. The summed E-state index contributed by atoms with van der Waals surface area (Å²) in [7, 11) is 0. The molecule has 0 radical (unpaired) electrons. The van der Waals surface area contributed by atoms with Crippen LogP contribution >= 0.6 is 25.3 Å². The lowest BCUT2D eigenvalue weighted by Gasteiger charge is -2.16. The van der Waals surface area contributed by atoms with Gasteiger partial charge in [-0.15, -0.1) is 0 Å². The van der Waals surface area contributed by atoms with E-state index in [4.69, 9.17) is 5.73 Å². The van der Waals surface area contributed by atoms with Gasteiger partial charge in [-0.25, -0.2) is 0 Å². The molecule has 0 aromatic rings. The van der Waals surface area contributed by atoms with E-state index < -0.39 is 12.1 Å². The molecule has 1 amide bonds. The summed E-state index contributed by atoms with van der Waals surface area (Å²) in [6.45, 7) is 1.74. The lowest BCUT2D eigenvalue weighted by atomic mass is 10.1. The van der Waals surface area contributed by atoms with Crippen LogP contribution in [0, 0.1) is 0 Å². The minimum absolute atomic E-state index is 0.0419. The van der Waals surface area contributed by atoms with Crippen molar-refractivity contribution in [2.45, 2.75) is 25.4 Å². The molecule has 4 nitrogen and oxygen atoms in total. The molecular formula is C8H16N2O2S2. The van der Waals surface area contributed by atoms with Crippen molar-refractivity contribution >= 4 is 36.9 Å². The largest absolute Gasteiger partial charge is 0.344 e. The zero-order valence-electron chi connectivity index (χ0n) is 8.06. The van der Waals surface area contributed by atoms with E-state index in [2.05, 4.69) is 30.6 Å². The van der Waals surface area contributed by atoms with Crippen LogP contribution in [0.25, 0.3) is 0 Å². The number of nitrogens with two attached hydrogens (primary N) is 1. The molecule has 2 atom stereocenters. The van der Waals surface area contributed by atoms with E-state index in [0.717, 1.165) is 0 Å². The van der Waals surface area contributed by atoms with Crippen LogP contribution in [0.4, 0.5) is 0 Å². The van der Waals surface area contributed by atoms with Crippen molar-refractivity contribution in [1.29, 1.82) is 0 Å². The molecule has 0 aromatic carbocycles. The highest BCUT2D eigenvalue weighted by Crippen LogP contribution is 1.95. The third-order valence-corrected chi connectivity index (χ3v) is 2.53. The molecule has 0 bridgehead atoms. The summed E-state index contributed by atoms with van der Waals surface area (Å²) in [5.74, 6) is 0.143. The number of carbonyl (C=O) groups is 2. The molecule has 0 unspecified atom stereocenters. The number of hydrogen-bond acceptors (Lipinski definition) is 5. The van der Waals surface area contributed by atoms with Crippen molar-refractivity contribution < 1.29 is 9.59 Å². The van der Waals surface area contributed by atoms with Gasteiger partial charge in [0.25, 0.3) is 0 Å². The second-order valence-electron chi connectivity index (χ2n) is 2.85. The van der Waals surface area contributed by atoms with Crippen LogP contribution in [0.3, 0.4) is 0 Å². The molecule has 0 rings (SSSR count). The number of nitrogens with one attached hydrogen (secondary N) is 1. The van der Waals surface area contributed by atoms with Crippen LogP contribution < -0.4 is 11.1 Å². The van der Waals surface area contributed by atoms with Crippen LogP contribution in [0.15, 0.2) is 0 Å². The number of carbonyl (C=O) groups excluding carboxylic acids is 2. The van der Waals surface area contributed by atoms with Crippen molar-refractivity contribution in [1.82, 2.24) is 5.32 Å². The van der Waals surface area contributed by atoms with Crippen LogP contribution in [0.5, 0.6) is 0 Å². The van der Waals surface area contributed by atoms with Crippen molar-refractivity contribution in [3.05, 3.63) is 0 Å². The maximum absolute atomic E-state index is 11.3. The maximum atomic E-state index is 11.3. The van der Waals surface area contributed by atoms with E-state index >= 15 is 0 Å². The molecule has 0 saturated carbocycles. The van der Waals surface area contributed by atoms with Gasteiger partial charge in [0, 0.05) is 17.9 Å². The van der Waals surface area contributed by atoms with E-state index in [1.165, 1.54) is 0 Å². The summed E-state index contributed by atoms with van der Waals surface area (Å²) in [6, 6.07) is -1.22. The number of rotatable bonds is 6. The Morgan fingerprint density at radius 3 is 2.29 bits per heavy atom. The number of amides is 1. The second-order valence-corrected chi connectivity index (χ2v) is 3.58. The van der Waals surface area contributed by atoms with Crippen LogP contribution in [0.2, 0.25) is 0 Å². The number of thiol groups is 2. The minimum Gasteiger partial charge on any atom is -0.344 e. The Bertz CT molecular complexity index is 212. The average molecular weight is 236 g/mol. The molecule has 0 aliphatic carbocycles. The van der Waals surface area contributed by atoms with Crippen LogP contribution in [-0.2, 0) is 9.59 Å². The van der Waals surface area contributed by atoms with Gasteiger partial charge < -0.3 is 11.1 Å². The Morgan fingerprint density at radius 2 is 1.93 bits per heavy atom. The first-order valence-electron chi connectivity index (χ1n) is 4.37. The molecule has 0 aliphatic rings. The third-order valence-electron chi connectivity index (χ3n) is 1.77. The van der Waals surface area contributed by atoms with Gasteiger partial charge in [-0.3, -0.25) is 9.59 Å². The first kappa shape index (κ1) is 13.8. The zero-order chi connectivity index (χ0) is 11.1. The molecule has 0 spiro atoms. The fraction of sp³-hybridized carbons (Fsp3) is 0.750. The monoisotopic (exact) mass is 236 g/mol. The van der Waals surface area contributed by atoms with E-state index in [-0.39, 0.29) is 23.2 Å². The van der Waals surface area contributed by atoms with Gasteiger partial charge in [0.1, 0.15) is 0 Å². The summed E-state index contributed by atoms with van der Waals surface area (Å²) >= 11 is 7.88. The lowest BCUT2D eigenvalue weighted by molar-refractivity contribution is -0.127. The summed E-state index contributed by atoms with van der Waals surface area (Å²) in [5.41, 5.74) is 5.44. The Kier molecular flexibility index (Phi) is 7.04. The van der Waals surface area contributed by atoms with E-state index in [0.29, 0.717) is 6.42 Å². The van der Waals surface area contributed by atoms with Gasteiger partial charge in [0.15, 0.2) is 5.78 Å². The highest BCUT2D eigenvalue weighted by Gasteiger charge is 2.20.